The van der Waals surface area contributed by atoms with Crippen molar-refractivity contribution in [1.82, 2.24) is 20.2 Å². The molecule has 0 saturated carbocycles. The molecule has 1 unspecified atom stereocenters. The fourth-order valence-corrected chi connectivity index (χ4v) is 1.57. The molecule has 0 spiro atoms. The molecule has 0 aliphatic rings. The van der Waals surface area contributed by atoms with Gasteiger partial charge in [0.1, 0.15) is 0 Å². The summed E-state index contributed by atoms with van der Waals surface area (Å²) in [6, 6.07) is 11.5. The summed E-state index contributed by atoms with van der Waals surface area (Å²) >= 11 is 0. The number of tetrazole rings is 1. The molecule has 5 nitrogen and oxygen atoms in total. The molecule has 0 aliphatic carbocycles. The van der Waals surface area contributed by atoms with Gasteiger partial charge in [0.05, 0.1) is 6.07 Å². The van der Waals surface area contributed by atoms with E-state index in [1.54, 1.807) is 0 Å². The summed E-state index contributed by atoms with van der Waals surface area (Å²) in [4.78, 5) is 1.39. The van der Waals surface area contributed by atoms with Gasteiger partial charge in [-0.3, -0.25) is 0 Å². The molecule has 2 rings (SSSR count). The minimum Gasteiger partial charge on any atom is -0.196 e. The first kappa shape index (κ1) is 11.3. The molecule has 0 fully saturated rings. The van der Waals surface area contributed by atoms with Crippen LogP contribution in [0.25, 0.3) is 11.4 Å². The van der Waals surface area contributed by atoms with E-state index in [1.807, 2.05) is 37.3 Å². The summed E-state index contributed by atoms with van der Waals surface area (Å²) in [6.45, 7) is 2.03. The van der Waals surface area contributed by atoms with E-state index in [-0.39, 0.29) is 6.04 Å². The summed E-state index contributed by atoms with van der Waals surface area (Å²) in [7, 11) is 0. The highest BCUT2D eigenvalue weighted by molar-refractivity contribution is 5.52. The Labute approximate surface area is 99.7 Å². The molecule has 2 aromatic rings. The lowest BCUT2D eigenvalue weighted by Gasteiger charge is -2.03. The average Bonchev–Trinajstić information content (AvgIpc) is 2.86. The first-order valence-electron chi connectivity index (χ1n) is 5.59. The van der Waals surface area contributed by atoms with Crippen molar-refractivity contribution in [3.8, 4) is 17.5 Å². The number of nitrogens with zero attached hydrogens (tertiary/aromatic N) is 5. The van der Waals surface area contributed by atoms with E-state index in [0.717, 1.165) is 18.4 Å². The number of nitriles is 1. The zero-order chi connectivity index (χ0) is 12.1. The molecule has 0 radical (unpaired) electrons. The van der Waals surface area contributed by atoms with Crippen LogP contribution in [0, 0.1) is 11.3 Å². The highest BCUT2D eigenvalue weighted by Crippen LogP contribution is 2.15. The maximum absolute atomic E-state index is 9.01. The number of rotatable bonds is 4. The van der Waals surface area contributed by atoms with E-state index in [4.69, 9.17) is 5.26 Å². The van der Waals surface area contributed by atoms with Gasteiger partial charge in [0.25, 0.3) is 0 Å². The Hall–Kier alpha value is -2.22. The van der Waals surface area contributed by atoms with Crippen molar-refractivity contribution in [2.45, 2.75) is 25.8 Å². The predicted octanol–water partition coefficient (Wildman–Crippen LogP) is 2.20. The van der Waals surface area contributed by atoms with Gasteiger partial charge in [-0.05, 0) is 11.6 Å². The van der Waals surface area contributed by atoms with Crippen LogP contribution in [0.1, 0.15) is 25.8 Å². The fraction of sp³-hybridized carbons (Fsp3) is 0.333. The van der Waals surface area contributed by atoms with Crippen LogP contribution in [0.2, 0.25) is 0 Å². The molecule has 5 heteroatoms. The average molecular weight is 227 g/mol. The van der Waals surface area contributed by atoms with Crippen molar-refractivity contribution >= 4 is 0 Å². The molecule has 0 saturated heterocycles. The summed E-state index contributed by atoms with van der Waals surface area (Å²) in [5.74, 6) is 0.557. The van der Waals surface area contributed by atoms with Gasteiger partial charge in [0.15, 0.2) is 6.04 Å². The Bertz CT molecular complexity index is 511. The van der Waals surface area contributed by atoms with E-state index in [9.17, 15) is 0 Å². The van der Waals surface area contributed by atoms with Gasteiger partial charge in [0, 0.05) is 5.56 Å². The van der Waals surface area contributed by atoms with Crippen molar-refractivity contribution in [2.75, 3.05) is 0 Å². The molecule has 17 heavy (non-hydrogen) atoms. The minimum atomic E-state index is -0.329. The third-order valence-electron chi connectivity index (χ3n) is 2.45. The van der Waals surface area contributed by atoms with Crippen LogP contribution in [0.5, 0.6) is 0 Å². The SMILES string of the molecule is CCCC(C#N)n1nnc(-c2ccccc2)n1. The van der Waals surface area contributed by atoms with Crippen LogP contribution in [-0.4, -0.2) is 20.2 Å². The van der Waals surface area contributed by atoms with Crippen LogP contribution < -0.4 is 0 Å². The lowest BCUT2D eigenvalue weighted by Crippen LogP contribution is -2.10. The highest BCUT2D eigenvalue weighted by atomic mass is 15.6. The van der Waals surface area contributed by atoms with Crippen molar-refractivity contribution in [3.63, 3.8) is 0 Å². The van der Waals surface area contributed by atoms with Crippen molar-refractivity contribution in [2.24, 2.45) is 0 Å². The predicted molar refractivity (Wildman–Crippen MR) is 62.8 cm³/mol. The number of hydrogen-bond donors (Lipinski definition) is 0. The Balaban J connectivity index is 2.25. The molecule has 1 aromatic carbocycles. The smallest absolute Gasteiger partial charge is 0.196 e. The summed E-state index contributed by atoms with van der Waals surface area (Å²) in [5.41, 5.74) is 0.909. The molecule has 0 N–H and O–H groups in total. The van der Waals surface area contributed by atoms with Crippen LogP contribution in [0.3, 0.4) is 0 Å². The quantitative estimate of drug-likeness (QED) is 0.803. The summed E-state index contributed by atoms with van der Waals surface area (Å²) in [6.07, 6.45) is 1.65. The molecular weight excluding hydrogens is 214 g/mol. The molecule has 0 bridgehead atoms. The minimum absolute atomic E-state index is 0.329. The third kappa shape index (κ3) is 2.48. The van der Waals surface area contributed by atoms with Gasteiger partial charge in [-0.15, -0.1) is 15.0 Å². The molecule has 1 atom stereocenters. The molecule has 0 amide bonds. The maximum atomic E-state index is 9.01. The Morgan fingerprint density at radius 1 is 1.35 bits per heavy atom. The zero-order valence-corrected chi connectivity index (χ0v) is 9.61. The van der Waals surface area contributed by atoms with E-state index in [2.05, 4.69) is 21.5 Å². The van der Waals surface area contributed by atoms with Gasteiger partial charge in [-0.2, -0.15) is 5.26 Å². The molecule has 1 heterocycles. The largest absolute Gasteiger partial charge is 0.204 e. The highest BCUT2D eigenvalue weighted by Gasteiger charge is 2.13. The van der Waals surface area contributed by atoms with Crippen LogP contribution in [0.15, 0.2) is 30.3 Å². The fourth-order valence-electron chi connectivity index (χ4n) is 1.57. The van der Waals surface area contributed by atoms with Gasteiger partial charge in [-0.25, -0.2) is 0 Å². The number of aromatic nitrogens is 4. The Morgan fingerprint density at radius 3 is 2.76 bits per heavy atom. The normalized spacial score (nSPS) is 12.0. The molecule has 86 valence electrons. The van der Waals surface area contributed by atoms with Crippen LogP contribution in [-0.2, 0) is 0 Å². The molecule has 0 aliphatic heterocycles. The molecule has 1 aromatic heterocycles. The van der Waals surface area contributed by atoms with E-state index in [1.165, 1.54) is 4.80 Å². The second kappa shape index (κ2) is 5.21. The van der Waals surface area contributed by atoms with Gasteiger partial charge < -0.3 is 0 Å². The lowest BCUT2D eigenvalue weighted by molar-refractivity contribution is 0.443. The van der Waals surface area contributed by atoms with Gasteiger partial charge in [-0.1, -0.05) is 43.7 Å². The van der Waals surface area contributed by atoms with Gasteiger partial charge >= 0.3 is 0 Å². The Morgan fingerprint density at radius 2 is 2.12 bits per heavy atom. The second-order valence-corrected chi connectivity index (χ2v) is 3.73. The van der Waals surface area contributed by atoms with Crippen molar-refractivity contribution in [1.29, 1.82) is 5.26 Å². The van der Waals surface area contributed by atoms with Crippen LogP contribution in [0.4, 0.5) is 0 Å². The second-order valence-electron chi connectivity index (χ2n) is 3.73. The standard InChI is InChI=1S/C12H13N5/c1-2-6-11(9-13)17-15-12(14-16-17)10-7-4-3-5-8-10/h3-5,7-8,11H,2,6H2,1H3. The lowest BCUT2D eigenvalue weighted by atomic mass is 10.2. The van der Waals surface area contributed by atoms with Crippen molar-refractivity contribution < 1.29 is 0 Å². The molecular formula is C12H13N5. The first-order valence-corrected chi connectivity index (χ1v) is 5.59. The number of hydrogen-bond acceptors (Lipinski definition) is 4. The van der Waals surface area contributed by atoms with E-state index in [0.29, 0.717) is 5.82 Å². The summed E-state index contributed by atoms with van der Waals surface area (Å²) in [5, 5.41) is 21.2. The van der Waals surface area contributed by atoms with Crippen molar-refractivity contribution in [3.05, 3.63) is 30.3 Å². The zero-order valence-electron chi connectivity index (χ0n) is 9.61. The topological polar surface area (TPSA) is 67.4 Å². The summed E-state index contributed by atoms with van der Waals surface area (Å²) < 4.78 is 0. The van der Waals surface area contributed by atoms with E-state index >= 15 is 0 Å². The van der Waals surface area contributed by atoms with E-state index < -0.39 is 0 Å². The first-order chi connectivity index (χ1) is 8.35. The van der Waals surface area contributed by atoms with Crippen LogP contribution >= 0.6 is 0 Å². The monoisotopic (exact) mass is 227 g/mol. The third-order valence-corrected chi connectivity index (χ3v) is 2.45. The number of benzene rings is 1. The van der Waals surface area contributed by atoms with Gasteiger partial charge in [0.2, 0.25) is 5.82 Å². The Kier molecular flexibility index (Phi) is 3.46. The maximum Gasteiger partial charge on any atom is 0.204 e.